The van der Waals surface area contributed by atoms with Gasteiger partial charge in [0.25, 0.3) is 0 Å². The highest BCUT2D eigenvalue weighted by Crippen LogP contribution is 2.37. The lowest BCUT2D eigenvalue weighted by Crippen LogP contribution is -2.40. The van der Waals surface area contributed by atoms with E-state index in [0.717, 1.165) is 41.3 Å². The van der Waals surface area contributed by atoms with Crippen LogP contribution in [-0.2, 0) is 13.0 Å². The van der Waals surface area contributed by atoms with Gasteiger partial charge in [0.15, 0.2) is 0 Å². The maximum atomic E-state index is 6.64. The van der Waals surface area contributed by atoms with Crippen LogP contribution in [0.25, 0.3) is 16.9 Å². The first-order chi connectivity index (χ1) is 14.2. The molecule has 29 heavy (non-hydrogen) atoms. The van der Waals surface area contributed by atoms with Crippen molar-refractivity contribution < 1.29 is 0 Å². The Morgan fingerprint density at radius 1 is 0.862 bits per heavy atom. The summed E-state index contributed by atoms with van der Waals surface area (Å²) in [6.07, 6.45) is 7.92. The van der Waals surface area contributed by atoms with Gasteiger partial charge in [-0.15, -0.1) is 0 Å². The van der Waals surface area contributed by atoms with E-state index in [1.54, 1.807) is 0 Å². The summed E-state index contributed by atoms with van der Waals surface area (Å²) in [5.74, 6) is 0. The third-order valence-corrected chi connectivity index (χ3v) is 7.10. The summed E-state index contributed by atoms with van der Waals surface area (Å²) in [6, 6.07) is 19.4. The minimum absolute atomic E-state index is 0.750. The standard InChI is InChI=1S/C25H26Cl2N2/c26-20-12-10-18(11-13-20)25-16-19-17-28(21-6-2-1-3-7-21)15-14-23(19)29(25)24-9-5-4-8-22(24)27/h4-5,8-13,16,21H,1-3,6-7,14-15,17H2. The number of hydrogen-bond donors (Lipinski definition) is 0. The highest BCUT2D eigenvalue weighted by Gasteiger charge is 2.29. The smallest absolute Gasteiger partial charge is 0.0646 e. The van der Waals surface area contributed by atoms with Crippen LogP contribution in [0.4, 0.5) is 0 Å². The minimum atomic E-state index is 0.750. The molecule has 0 spiro atoms. The molecule has 0 unspecified atom stereocenters. The molecule has 0 atom stereocenters. The van der Waals surface area contributed by atoms with E-state index in [9.17, 15) is 0 Å². The van der Waals surface area contributed by atoms with Crippen molar-refractivity contribution in [2.75, 3.05) is 6.54 Å². The van der Waals surface area contributed by atoms with Crippen LogP contribution in [0, 0.1) is 0 Å². The molecule has 0 amide bonds. The van der Waals surface area contributed by atoms with Crippen LogP contribution in [0.3, 0.4) is 0 Å². The first-order valence-electron chi connectivity index (χ1n) is 10.7. The van der Waals surface area contributed by atoms with E-state index in [1.807, 2.05) is 24.3 Å². The second-order valence-corrected chi connectivity index (χ2v) is 9.15. The van der Waals surface area contributed by atoms with Gasteiger partial charge in [0.05, 0.1) is 16.4 Å². The van der Waals surface area contributed by atoms with Crippen LogP contribution in [-0.4, -0.2) is 22.1 Å². The van der Waals surface area contributed by atoms with Gasteiger partial charge in [0, 0.05) is 36.3 Å². The normalized spacial score (nSPS) is 18.0. The molecule has 1 fully saturated rings. The average molecular weight is 425 g/mol. The van der Waals surface area contributed by atoms with Crippen molar-refractivity contribution in [1.29, 1.82) is 0 Å². The largest absolute Gasteiger partial charge is 0.312 e. The lowest BCUT2D eigenvalue weighted by molar-refractivity contribution is 0.140. The van der Waals surface area contributed by atoms with E-state index in [0.29, 0.717) is 0 Å². The van der Waals surface area contributed by atoms with Gasteiger partial charge in [-0.25, -0.2) is 0 Å². The molecule has 1 aliphatic carbocycles. The van der Waals surface area contributed by atoms with Gasteiger partial charge in [-0.1, -0.05) is 66.7 Å². The molecule has 1 aromatic heterocycles. The Hall–Kier alpha value is -1.74. The lowest BCUT2D eigenvalue weighted by atomic mass is 9.92. The predicted molar refractivity (Wildman–Crippen MR) is 122 cm³/mol. The topological polar surface area (TPSA) is 8.17 Å². The highest BCUT2D eigenvalue weighted by molar-refractivity contribution is 6.32. The molecule has 5 rings (SSSR count). The van der Waals surface area contributed by atoms with Crippen molar-refractivity contribution in [3.05, 3.63) is 75.9 Å². The number of benzene rings is 2. The maximum Gasteiger partial charge on any atom is 0.0646 e. The zero-order chi connectivity index (χ0) is 19.8. The Bertz CT molecular complexity index is 1000. The van der Waals surface area contributed by atoms with Crippen molar-refractivity contribution in [2.24, 2.45) is 0 Å². The highest BCUT2D eigenvalue weighted by atomic mass is 35.5. The number of fused-ring (bicyclic) bond motifs is 1. The Labute approximate surface area is 183 Å². The molecule has 3 aromatic rings. The van der Waals surface area contributed by atoms with Crippen LogP contribution < -0.4 is 0 Å². The fraction of sp³-hybridized carbons (Fsp3) is 0.360. The minimum Gasteiger partial charge on any atom is -0.312 e. The number of nitrogens with zero attached hydrogens (tertiary/aromatic N) is 2. The van der Waals surface area contributed by atoms with E-state index >= 15 is 0 Å². The lowest BCUT2D eigenvalue weighted by Gasteiger charge is -2.37. The number of halogens is 2. The maximum absolute atomic E-state index is 6.64. The zero-order valence-electron chi connectivity index (χ0n) is 16.6. The molecule has 0 N–H and O–H groups in total. The summed E-state index contributed by atoms with van der Waals surface area (Å²) in [5.41, 5.74) is 6.27. The Morgan fingerprint density at radius 3 is 2.38 bits per heavy atom. The van der Waals surface area contributed by atoms with Gasteiger partial charge in [0.2, 0.25) is 0 Å². The zero-order valence-corrected chi connectivity index (χ0v) is 18.1. The molecule has 0 radical (unpaired) electrons. The second-order valence-electron chi connectivity index (χ2n) is 8.31. The summed E-state index contributed by atoms with van der Waals surface area (Å²) >= 11 is 12.8. The van der Waals surface area contributed by atoms with E-state index < -0.39 is 0 Å². The van der Waals surface area contributed by atoms with Crippen molar-refractivity contribution >= 4 is 23.2 Å². The van der Waals surface area contributed by atoms with E-state index in [2.05, 4.69) is 39.8 Å². The van der Waals surface area contributed by atoms with Gasteiger partial charge < -0.3 is 4.57 Å². The number of rotatable bonds is 3. The molecule has 4 heteroatoms. The Balaban J connectivity index is 1.59. The van der Waals surface area contributed by atoms with Crippen molar-refractivity contribution in [3.63, 3.8) is 0 Å². The van der Waals surface area contributed by atoms with Crippen LogP contribution in [0.15, 0.2) is 54.6 Å². The van der Waals surface area contributed by atoms with Gasteiger partial charge in [0.1, 0.15) is 0 Å². The van der Waals surface area contributed by atoms with Crippen LogP contribution in [0.5, 0.6) is 0 Å². The Kier molecular flexibility index (Phi) is 5.43. The third-order valence-electron chi connectivity index (χ3n) is 6.53. The molecule has 0 saturated heterocycles. The van der Waals surface area contributed by atoms with Gasteiger partial charge in [-0.3, -0.25) is 4.90 Å². The molecule has 2 aliphatic rings. The van der Waals surface area contributed by atoms with E-state index in [4.69, 9.17) is 23.2 Å². The monoisotopic (exact) mass is 424 g/mol. The molecule has 150 valence electrons. The van der Waals surface area contributed by atoms with Gasteiger partial charge in [-0.05, 0) is 54.3 Å². The molecule has 1 aliphatic heterocycles. The van der Waals surface area contributed by atoms with Crippen LogP contribution >= 0.6 is 23.2 Å². The molecule has 2 heterocycles. The van der Waals surface area contributed by atoms with Crippen molar-refractivity contribution in [3.8, 4) is 16.9 Å². The van der Waals surface area contributed by atoms with Gasteiger partial charge >= 0.3 is 0 Å². The van der Waals surface area contributed by atoms with Gasteiger partial charge in [-0.2, -0.15) is 0 Å². The van der Waals surface area contributed by atoms with Crippen molar-refractivity contribution in [1.82, 2.24) is 9.47 Å². The predicted octanol–water partition coefficient (Wildman–Crippen LogP) is 7.14. The quantitative estimate of drug-likeness (QED) is 0.433. The van der Waals surface area contributed by atoms with Crippen molar-refractivity contribution in [2.45, 2.75) is 51.1 Å². The summed E-state index contributed by atoms with van der Waals surface area (Å²) in [5, 5.41) is 1.55. The fourth-order valence-corrected chi connectivity index (χ4v) is 5.40. The summed E-state index contributed by atoms with van der Waals surface area (Å²) in [4.78, 5) is 2.71. The summed E-state index contributed by atoms with van der Waals surface area (Å²) in [6.45, 7) is 2.17. The molecule has 1 saturated carbocycles. The average Bonchev–Trinajstić information content (AvgIpc) is 3.14. The fourth-order valence-electron chi connectivity index (χ4n) is 5.06. The van der Waals surface area contributed by atoms with Crippen LogP contribution in [0.2, 0.25) is 10.0 Å². The second kappa shape index (κ2) is 8.18. The molecular formula is C25H26Cl2N2. The molecule has 2 aromatic carbocycles. The van der Waals surface area contributed by atoms with E-state index in [1.165, 1.54) is 54.6 Å². The summed E-state index contributed by atoms with van der Waals surface area (Å²) < 4.78 is 2.37. The molecule has 2 nitrogen and oxygen atoms in total. The molecule has 0 bridgehead atoms. The molecular weight excluding hydrogens is 399 g/mol. The SMILES string of the molecule is Clc1ccc(-c2cc3c(n2-c2ccccc2Cl)CCN(C2CCCCC2)C3)cc1. The first-order valence-corrected chi connectivity index (χ1v) is 11.4. The first kappa shape index (κ1) is 19.2. The number of para-hydroxylation sites is 1. The van der Waals surface area contributed by atoms with Crippen LogP contribution in [0.1, 0.15) is 43.4 Å². The Morgan fingerprint density at radius 2 is 1.62 bits per heavy atom. The number of hydrogen-bond acceptors (Lipinski definition) is 1. The third kappa shape index (κ3) is 3.74. The van der Waals surface area contributed by atoms with E-state index in [-0.39, 0.29) is 0 Å². The number of aromatic nitrogens is 1. The summed E-state index contributed by atoms with van der Waals surface area (Å²) in [7, 11) is 0.